The SMILES string of the molecule is CCCCC/C=C\C/C=C\C/C=C\CCCCCCCCC(=O)OC[C@@H](COC(=O)CCCCCCCCCCCCC)OC(=O)CCCCCCCCCCCCCCCCCCC. The molecule has 6 nitrogen and oxygen atoms in total. The van der Waals surface area contributed by atoms with Gasteiger partial charge in [-0.05, 0) is 57.8 Å². The van der Waals surface area contributed by atoms with Crippen LogP contribution in [0.2, 0.25) is 0 Å². The van der Waals surface area contributed by atoms with Gasteiger partial charge in [0.1, 0.15) is 13.2 Å². The van der Waals surface area contributed by atoms with Gasteiger partial charge in [0.05, 0.1) is 0 Å². The Morgan fingerprint density at radius 2 is 0.554 bits per heavy atom. The number of hydrogen-bond acceptors (Lipinski definition) is 6. The maximum Gasteiger partial charge on any atom is 0.306 e. The molecule has 0 unspecified atom stereocenters. The van der Waals surface area contributed by atoms with Crippen LogP contribution in [-0.2, 0) is 28.6 Å². The molecule has 0 fully saturated rings. The third-order valence-electron chi connectivity index (χ3n) is 12.6. The van der Waals surface area contributed by atoms with E-state index in [2.05, 4.69) is 57.2 Å². The van der Waals surface area contributed by atoms with Crippen LogP contribution >= 0.6 is 0 Å². The molecule has 0 heterocycles. The second kappa shape index (κ2) is 54.2. The molecule has 6 heteroatoms. The molecule has 0 aliphatic rings. The van der Waals surface area contributed by atoms with E-state index >= 15 is 0 Å². The molecule has 0 aromatic carbocycles. The summed E-state index contributed by atoms with van der Waals surface area (Å²) in [5.41, 5.74) is 0. The van der Waals surface area contributed by atoms with Gasteiger partial charge in [-0.25, -0.2) is 0 Å². The highest BCUT2D eigenvalue weighted by atomic mass is 16.6. The second-order valence-corrected chi connectivity index (χ2v) is 19.2. The van der Waals surface area contributed by atoms with Crippen LogP contribution in [0, 0.1) is 0 Å². The second-order valence-electron chi connectivity index (χ2n) is 19.2. The highest BCUT2D eigenvalue weighted by Crippen LogP contribution is 2.16. The summed E-state index contributed by atoms with van der Waals surface area (Å²) in [6.07, 6.45) is 64.1. The van der Waals surface area contributed by atoms with E-state index in [1.54, 1.807) is 0 Å². The average molecular weight is 914 g/mol. The molecule has 0 bridgehead atoms. The van der Waals surface area contributed by atoms with Crippen molar-refractivity contribution in [3.8, 4) is 0 Å². The number of carbonyl (C=O) groups is 3. The van der Waals surface area contributed by atoms with E-state index in [9.17, 15) is 14.4 Å². The minimum atomic E-state index is -0.772. The fourth-order valence-corrected chi connectivity index (χ4v) is 8.33. The smallest absolute Gasteiger partial charge is 0.306 e. The van der Waals surface area contributed by atoms with Crippen molar-refractivity contribution < 1.29 is 28.6 Å². The molecule has 0 saturated heterocycles. The normalized spacial score (nSPS) is 12.2. The first-order valence-corrected chi connectivity index (χ1v) is 28.5. The molecule has 0 aromatic heterocycles. The Bertz CT molecular complexity index is 1090. The fourth-order valence-electron chi connectivity index (χ4n) is 8.33. The zero-order valence-electron chi connectivity index (χ0n) is 43.5. The molecule has 1 atom stereocenters. The summed E-state index contributed by atoms with van der Waals surface area (Å²) in [5, 5.41) is 0. The molecule has 380 valence electrons. The number of carbonyl (C=O) groups excluding carboxylic acids is 3. The Morgan fingerprint density at radius 3 is 0.892 bits per heavy atom. The molecule has 0 saturated carbocycles. The maximum atomic E-state index is 12.8. The van der Waals surface area contributed by atoms with E-state index in [0.717, 1.165) is 77.0 Å². The minimum Gasteiger partial charge on any atom is -0.462 e. The number of unbranched alkanes of at least 4 members (excludes halogenated alkanes) is 35. The zero-order valence-corrected chi connectivity index (χ0v) is 43.5. The van der Waals surface area contributed by atoms with Crippen molar-refractivity contribution in [2.75, 3.05) is 13.2 Å². The van der Waals surface area contributed by atoms with E-state index in [1.807, 2.05) is 0 Å². The first-order valence-electron chi connectivity index (χ1n) is 28.5. The lowest BCUT2D eigenvalue weighted by atomic mass is 10.0. The van der Waals surface area contributed by atoms with Gasteiger partial charge in [-0.2, -0.15) is 0 Å². The Labute approximate surface area is 404 Å². The summed E-state index contributed by atoms with van der Waals surface area (Å²) in [6.45, 7) is 6.63. The standard InChI is InChI=1S/C59H108O6/c1-4-7-10-13-16-19-22-24-26-28-29-31-32-34-37-40-43-46-49-52-58(61)64-55-56(54-63-57(60)51-48-45-42-39-36-21-18-15-12-9-6-3)65-59(62)53-50-47-44-41-38-35-33-30-27-25-23-20-17-14-11-8-5-2/h16,19,24,26,29,31,56H,4-15,17-18,20-23,25,27-28,30,32-55H2,1-3H3/b19-16-,26-24-,31-29-/t56-/m1/s1. The lowest BCUT2D eigenvalue weighted by Crippen LogP contribution is -2.30. The molecule has 0 aliphatic carbocycles. The van der Waals surface area contributed by atoms with E-state index in [1.165, 1.54) is 186 Å². The van der Waals surface area contributed by atoms with Crippen LogP contribution in [0.3, 0.4) is 0 Å². The molecule has 0 amide bonds. The van der Waals surface area contributed by atoms with Crippen molar-refractivity contribution in [1.82, 2.24) is 0 Å². The number of rotatable bonds is 52. The van der Waals surface area contributed by atoms with Crippen molar-refractivity contribution in [2.24, 2.45) is 0 Å². The summed E-state index contributed by atoms with van der Waals surface area (Å²) >= 11 is 0. The molecule has 0 spiro atoms. The van der Waals surface area contributed by atoms with Crippen molar-refractivity contribution in [1.29, 1.82) is 0 Å². The van der Waals surface area contributed by atoms with Crippen LogP contribution < -0.4 is 0 Å². The van der Waals surface area contributed by atoms with Gasteiger partial charge in [0.25, 0.3) is 0 Å². The van der Waals surface area contributed by atoms with Gasteiger partial charge in [-0.15, -0.1) is 0 Å². The molecule has 0 radical (unpaired) electrons. The topological polar surface area (TPSA) is 78.9 Å². The van der Waals surface area contributed by atoms with Crippen LogP contribution in [0.15, 0.2) is 36.5 Å². The Kier molecular flexibility index (Phi) is 52.3. The molecule has 0 aliphatic heterocycles. The van der Waals surface area contributed by atoms with Crippen molar-refractivity contribution in [3.05, 3.63) is 36.5 Å². The lowest BCUT2D eigenvalue weighted by molar-refractivity contribution is -0.167. The highest BCUT2D eigenvalue weighted by Gasteiger charge is 2.19. The van der Waals surface area contributed by atoms with Crippen LogP contribution in [0.1, 0.15) is 303 Å². The summed E-state index contributed by atoms with van der Waals surface area (Å²) in [5.74, 6) is -0.868. The molecule has 0 rings (SSSR count). The van der Waals surface area contributed by atoms with Gasteiger partial charge in [-0.1, -0.05) is 263 Å². The van der Waals surface area contributed by atoms with E-state index in [-0.39, 0.29) is 31.1 Å². The average Bonchev–Trinajstić information content (AvgIpc) is 3.30. The number of hydrogen-bond donors (Lipinski definition) is 0. The summed E-state index contributed by atoms with van der Waals surface area (Å²) in [6, 6.07) is 0. The third-order valence-corrected chi connectivity index (χ3v) is 12.6. The first-order chi connectivity index (χ1) is 32.0. The molecule has 65 heavy (non-hydrogen) atoms. The van der Waals surface area contributed by atoms with Gasteiger partial charge in [0.2, 0.25) is 0 Å². The minimum absolute atomic E-state index is 0.0718. The van der Waals surface area contributed by atoms with Crippen molar-refractivity contribution in [2.45, 2.75) is 309 Å². The van der Waals surface area contributed by atoms with Gasteiger partial charge in [0, 0.05) is 19.3 Å². The fraction of sp³-hybridized carbons (Fsp3) is 0.847. The van der Waals surface area contributed by atoms with Crippen molar-refractivity contribution in [3.63, 3.8) is 0 Å². The van der Waals surface area contributed by atoms with E-state index < -0.39 is 6.10 Å². The molecule has 0 N–H and O–H groups in total. The Hall–Kier alpha value is -2.37. The van der Waals surface area contributed by atoms with Crippen LogP contribution in [0.4, 0.5) is 0 Å². The number of ether oxygens (including phenoxy) is 3. The van der Waals surface area contributed by atoms with Gasteiger partial charge >= 0.3 is 17.9 Å². The molecular weight excluding hydrogens is 805 g/mol. The molecule has 0 aromatic rings. The van der Waals surface area contributed by atoms with Crippen LogP contribution in [-0.4, -0.2) is 37.2 Å². The summed E-state index contributed by atoms with van der Waals surface area (Å²) in [7, 11) is 0. The van der Waals surface area contributed by atoms with Gasteiger partial charge in [0.15, 0.2) is 6.10 Å². The van der Waals surface area contributed by atoms with Gasteiger partial charge < -0.3 is 14.2 Å². The zero-order chi connectivity index (χ0) is 47.2. The van der Waals surface area contributed by atoms with Crippen LogP contribution in [0.25, 0.3) is 0 Å². The van der Waals surface area contributed by atoms with Gasteiger partial charge in [-0.3, -0.25) is 14.4 Å². The Balaban J connectivity index is 4.32. The predicted molar refractivity (Wildman–Crippen MR) is 279 cm³/mol. The monoisotopic (exact) mass is 913 g/mol. The maximum absolute atomic E-state index is 12.8. The summed E-state index contributed by atoms with van der Waals surface area (Å²) in [4.78, 5) is 38.1. The third kappa shape index (κ3) is 52.5. The van der Waals surface area contributed by atoms with E-state index in [4.69, 9.17) is 14.2 Å². The highest BCUT2D eigenvalue weighted by molar-refractivity contribution is 5.71. The number of esters is 3. The summed E-state index contributed by atoms with van der Waals surface area (Å²) < 4.78 is 16.8. The van der Waals surface area contributed by atoms with E-state index in [0.29, 0.717) is 19.3 Å². The quantitative estimate of drug-likeness (QED) is 0.0262. The largest absolute Gasteiger partial charge is 0.462 e. The lowest BCUT2D eigenvalue weighted by Gasteiger charge is -2.18. The first kappa shape index (κ1) is 62.6. The van der Waals surface area contributed by atoms with Crippen LogP contribution in [0.5, 0.6) is 0 Å². The number of allylic oxidation sites excluding steroid dienone is 6. The predicted octanol–water partition coefficient (Wildman–Crippen LogP) is 18.9. The Morgan fingerprint density at radius 1 is 0.308 bits per heavy atom. The van der Waals surface area contributed by atoms with Crippen molar-refractivity contribution >= 4 is 17.9 Å². The molecular formula is C59H108O6.